The normalized spacial score (nSPS) is 17.8. The number of halogens is 3. The predicted molar refractivity (Wildman–Crippen MR) is 171 cm³/mol. The Labute approximate surface area is 275 Å². The Kier molecular flexibility index (Phi) is 8.09. The minimum Gasteiger partial charge on any atom is -0.370 e. The summed E-state index contributed by atoms with van der Waals surface area (Å²) in [5.41, 5.74) is 1.80. The molecule has 2 aromatic heterocycles. The third kappa shape index (κ3) is 6.21. The molecule has 1 N–H and O–H groups in total. The summed E-state index contributed by atoms with van der Waals surface area (Å²) in [6.07, 6.45) is 0.872. The lowest BCUT2D eigenvalue weighted by atomic mass is 9.97. The van der Waals surface area contributed by atoms with Crippen LogP contribution in [-0.4, -0.2) is 50.2 Å². The van der Waals surface area contributed by atoms with Gasteiger partial charge in [0, 0.05) is 37.8 Å². The molecule has 48 heavy (non-hydrogen) atoms. The van der Waals surface area contributed by atoms with Gasteiger partial charge in [-0.25, -0.2) is 4.98 Å². The zero-order chi connectivity index (χ0) is 33.6. The molecular formula is C35H32F3N9O. The first-order chi connectivity index (χ1) is 23.1. The van der Waals surface area contributed by atoms with Crippen LogP contribution in [-0.2, 0) is 26.3 Å². The summed E-state index contributed by atoms with van der Waals surface area (Å²) in [7, 11) is 1.80. The minimum absolute atomic E-state index is 0.00227. The van der Waals surface area contributed by atoms with Gasteiger partial charge in [-0.3, -0.25) is 14.6 Å². The minimum atomic E-state index is -4.68. The summed E-state index contributed by atoms with van der Waals surface area (Å²) < 4.78 is 45.3. The number of likely N-dealkylation sites (tertiary alicyclic amines) is 1. The molecule has 10 nitrogen and oxygen atoms in total. The average molecular weight is 652 g/mol. The van der Waals surface area contributed by atoms with Crippen molar-refractivity contribution >= 4 is 17.5 Å². The van der Waals surface area contributed by atoms with Gasteiger partial charge in [0.1, 0.15) is 18.0 Å². The van der Waals surface area contributed by atoms with Crippen LogP contribution in [0.4, 0.5) is 24.8 Å². The fourth-order valence-electron chi connectivity index (χ4n) is 6.62. The number of hydrogen-bond donors (Lipinski definition) is 1. The highest BCUT2D eigenvalue weighted by molar-refractivity contribution is 6.10. The number of fused-ring (bicyclic) bond motifs is 1. The van der Waals surface area contributed by atoms with Gasteiger partial charge >= 0.3 is 6.18 Å². The third-order valence-electron chi connectivity index (χ3n) is 9.32. The van der Waals surface area contributed by atoms with E-state index in [1.54, 1.807) is 48.3 Å². The van der Waals surface area contributed by atoms with Crippen LogP contribution < -0.4 is 10.2 Å². The number of nitriles is 2. The smallest absolute Gasteiger partial charge is 0.370 e. The molecule has 2 aromatic carbocycles. The van der Waals surface area contributed by atoms with E-state index >= 15 is 0 Å². The molecule has 0 spiro atoms. The highest BCUT2D eigenvalue weighted by Gasteiger charge is 2.41. The standard InChI is InChI=1S/C35H32F3N9O/c1-45-20-42-44-33(45)26-5-4-22(15-39)10-27(26)25-13-31(41-8-6-21-2-3-21)43-32(14-25)47-19-29-28(34(47)48)11-24(12-30(29)35(36,37)38)18-46-9-7-23(16-40)17-46/h4-5,10-14,20-21,23H,2-3,6-9,17-19H2,1H3,(H,41,43)/t23-/m0/s1. The number of nitrogens with one attached hydrogen (secondary N) is 1. The Balaban J connectivity index is 1.29. The molecule has 13 heteroatoms. The van der Waals surface area contributed by atoms with Crippen molar-refractivity contribution in [3.63, 3.8) is 0 Å². The highest BCUT2D eigenvalue weighted by Crippen LogP contribution is 2.41. The van der Waals surface area contributed by atoms with Crippen molar-refractivity contribution < 1.29 is 18.0 Å². The van der Waals surface area contributed by atoms with E-state index in [2.05, 4.69) is 27.7 Å². The molecule has 1 amide bonds. The number of amides is 1. The van der Waals surface area contributed by atoms with Crippen LogP contribution in [0.2, 0.25) is 0 Å². The number of rotatable bonds is 9. The lowest BCUT2D eigenvalue weighted by Gasteiger charge is -2.19. The van der Waals surface area contributed by atoms with Crippen molar-refractivity contribution in [3.8, 4) is 34.7 Å². The monoisotopic (exact) mass is 651 g/mol. The predicted octanol–water partition coefficient (Wildman–Crippen LogP) is 6.15. The van der Waals surface area contributed by atoms with Gasteiger partial charge in [-0.1, -0.05) is 12.8 Å². The van der Waals surface area contributed by atoms with Crippen molar-refractivity contribution in [2.45, 2.75) is 44.9 Å². The number of carbonyl (C=O) groups is 1. The fourth-order valence-corrected chi connectivity index (χ4v) is 6.62. The lowest BCUT2D eigenvalue weighted by molar-refractivity contribution is -0.138. The molecule has 0 radical (unpaired) electrons. The fraction of sp³-hybridized carbons (Fsp3) is 0.371. The molecule has 1 atom stereocenters. The van der Waals surface area contributed by atoms with E-state index < -0.39 is 17.6 Å². The quantitative estimate of drug-likeness (QED) is 0.228. The summed E-state index contributed by atoms with van der Waals surface area (Å²) in [5, 5.41) is 30.6. The van der Waals surface area contributed by atoms with Gasteiger partial charge in [0.15, 0.2) is 5.82 Å². The van der Waals surface area contributed by atoms with E-state index in [0.29, 0.717) is 71.4 Å². The number of anilines is 2. The number of hydrogen-bond acceptors (Lipinski definition) is 8. The van der Waals surface area contributed by atoms with E-state index in [1.165, 1.54) is 17.7 Å². The van der Waals surface area contributed by atoms with Gasteiger partial charge in [-0.05, 0) is 90.0 Å². The molecule has 0 bridgehead atoms. The van der Waals surface area contributed by atoms with Gasteiger partial charge in [-0.2, -0.15) is 23.7 Å². The van der Waals surface area contributed by atoms with Gasteiger partial charge in [0.2, 0.25) is 0 Å². The van der Waals surface area contributed by atoms with Crippen molar-refractivity contribution in [2.24, 2.45) is 18.9 Å². The maximum absolute atomic E-state index is 14.5. The second kappa shape index (κ2) is 12.4. The Hall–Kier alpha value is -5.27. The molecule has 7 rings (SSSR count). The van der Waals surface area contributed by atoms with E-state index in [-0.39, 0.29) is 36.0 Å². The van der Waals surface area contributed by atoms with Crippen LogP contribution in [0, 0.1) is 34.5 Å². The van der Waals surface area contributed by atoms with Crippen molar-refractivity contribution in [1.82, 2.24) is 24.6 Å². The number of alkyl halides is 3. The zero-order valence-corrected chi connectivity index (χ0v) is 26.3. The Morgan fingerprint density at radius 2 is 1.88 bits per heavy atom. The number of aryl methyl sites for hydroxylation is 1. The molecule has 1 aliphatic carbocycles. The maximum Gasteiger partial charge on any atom is 0.416 e. The summed E-state index contributed by atoms with van der Waals surface area (Å²) in [6.45, 7) is 1.65. The van der Waals surface area contributed by atoms with E-state index in [4.69, 9.17) is 4.98 Å². The second-order valence-corrected chi connectivity index (χ2v) is 12.8. The van der Waals surface area contributed by atoms with Crippen LogP contribution in [0.1, 0.15) is 58.3 Å². The number of pyridine rings is 1. The van der Waals surface area contributed by atoms with Crippen LogP contribution in [0.15, 0.2) is 48.8 Å². The summed E-state index contributed by atoms with van der Waals surface area (Å²) >= 11 is 0. The Bertz CT molecular complexity index is 1990. The molecular weight excluding hydrogens is 619 g/mol. The first kappa shape index (κ1) is 31.3. The van der Waals surface area contributed by atoms with E-state index in [0.717, 1.165) is 12.5 Å². The Morgan fingerprint density at radius 1 is 1.04 bits per heavy atom. The number of benzene rings is 2. The molecule has 2 aliphatic heterocycles. The largest absolute Gasteiger partial charge is 0.416 e. The van der Waals surface area contributed by atoms with Gasteiger partial charge in [0.05, 0.1) is 35.7 Å². The third-order valence-corrected chi connectivity index (χ3v) is 9.32. The molecule has 3 aliphatic rings. The van der Waals surface area contributed by atoms with Crippen LogP contribution in [0.3, 0.4) is 0 Å². The molecule has 4 aromatic rings. The first-order valence-corrected chi connectivity index (χ1v) is 15.9. The van der Waals surface area contributed by atoms with Gasteiger partial charge in [0.25, 0.3) is 5.91 Å². The SMILES string of the molecule is Cn1cnnc1-c1ccc(C#N)cc1-c1cc(NCCC2CC2)nc(N2Cc3c(cc(CN4CC[C@@H](C#N)C4)cc3C(F)(F)F)C2=O)c1. The Morgan fingerprint density at radius 3 is 2.56 bits per heavy atom. The zero-order valence-electron chi connectivity index (χ0n) is 26.3. The topological polar surface area (TPSA) is 127 Å². The van der Waals surface area contributed by atoms with Crippen LogP contribution >= 0.6 is 0 Å². The average Bonchev–Trinajstić information content (AvgIpc) is 3.45. The van der Waals surface area contributed by atoms with Gasteiger partial charge < -0.3 is 9.88 Å². The second-order valence-electron chi connectivity index (χ2n) is 12.8. The highest BCUT2D eigenvalue weighted by atomic mass is 19.4. The van der Waals surface area contributed by atoms with Gasteiger partial charge in [-0.15, -0.1) is 10.2 Å². The van der Waals surface area contributed by atoms with Crippen molar-refractivity contribution in [2.75, 3.05) is 29.9 Å². The molecule has 0 unspecified atom stereocenters. The lowest BCUT2D eigenvalue weighted by Crippen LogP contribution is -2.24. The van der Waals surface area contributed by atoms with Crippen molar-refractivity contribution in [1.29, 1.82) is 10.5 Å². The number of nitrogens with zero attached hydrogens (tertiary/aromatic N) is 8. The first-order valence-electron chi connectivity index (χ1n) is 15.9. The van der Waals surface area contributed by atoms with E-state index in [9.17, 15) is 28.5 Å². The number of carbonyl (C=O) groups excluding carboxylic acids is 1. The van der Waals surface area contributed by atoms with E-state index in [1.807, 2.05) is 11.0 Å². The van der Waals surface area contributed by atoms with Crippen molar-refractivity contribution in [3.05, 3.63) is 76.6 Å². The summed E-state index contributed by atoms with van der Waals surface area (Å²) in [6, 6.07) is 15.8. The molecule has 2 fully saturated rings. The molecule has 1 saturated carbocycles. The molecule has 1 saturated heterocycles. The summed E-state index contributed by atoms with van der Waals surface area (Å²) in [4.78, 5) is 22.0. The molecule has 244 valence electrons. The van der Waals surface area contributed by atoms with Crippen LogP contribution in [0.5, 0.6) is 0 Å². The maximum atomic E-state index is 14.5. The molecule has 4 heterocycles. The number of aromatic nitrogens is 4. The summed E-state index contributed by atoms with van der Waals surface area (Å²) in [5.74, 6) is 1.15. The van der Waals surface area contributed by atoms with Crippen LogP contribution in [0.25, 0.3) is 22.5 Å².